The van der Waals surface area contributed by atoms with E-state index in [2.05, 4.69) is 0 Å². The molecule has 2 aliphatic rings. The van der Waals surface area contributed by atoms with Crippen LogP contribution in [0, 0.1) is 0 Å². The summed E-state index contributed by atoms with van der Waals surface area (Å²) in [6, 6.07) is 6.28. The number of hydrogen-bond acceptors (Lipinski definition) is 6. The average molecular weight is 424 g/mol. The maximum atomic E-state index is 13.0. The summed E-state index contributed by atoms with van der Waals surface area (Å²) in [4.78, 5) is 26.5. The molecule has 1 unspecified atom stereocenters. The highest BCUT2D eigenvalue weighted by Gasteiger charge is 2.38. The number of esters is 1. The normalized spacial score (nSPS) is 21.5. The van der Waals surface area contributed by atoms with Gasteiger partial charge < -0.3 is 14.4 Å². The van der Waals surface area contributed by atoms with Crippen molar-refractivity contribution in [1.82, 2.24) is 4.90 Å². The van der Waals surface area contributed by atoms with Crippen molar-refractivity contribution in [3.05, 3.63) is 29.8 Å². The lowest BCUT2D eigenvalue weighted by Gasteiger charge is -2.38. The fourth-order valence-electron chi connectivity index (χ4n) is 4.18. The number of rotatable bonds is 7. The van der Waals surface area contributed by atoms with Gasteiger partial charge in [0.2, 0.25) is 0 Å². The molecule has 8 heteroatoms. The number of carbonyl (C=O) groups excluding carboxylic acids is 2. The van der Waals surface area contributed by atoms with Gasteiger partial charge in [0.1, 0.15) is 5.75 Å². The standard InChI is InChI=1S/C21H29NO6S/c1-2-27-21(24)16-8-10-19(11-9-16)28-14-20(23)22(17-6-4-3-5-7-17)18-12-13-29(25,26)15-18/h8-11,17-18H,2-7,12-15H2,1H3. The van der Waals surface area contributed by atoms with Crippen LogP contribution in [-0.4, -0.2) is 62.0 Å². The zero-order valence-electron chi connectivity index (χ0n) is 16.8. The van der Waals surface area contributed by atoms with Crippen LogP contribution in [0.1, 0.15) is 55.8 Å². The van der Waals surface area contributed by atoms with E-state index in [-0.39, 0.29) is 36.1 Å². The lowest BCUT2D eigenvalue weighted by atomic mass is 9.93. The Labute approximate surface area is 172 Å². The van der Waals surface area contributed by atoms with E-state index in [0.717, 1.165) is 32.1 Å². The van der Waals surface area contributed by atoms with Gasteiger partial charge >= 0.3 is 5.97 Å². The smallest absolute Gasteiger partial charge is 0.338 e. The molecular formula is C21H29NO6S. The summed E-state index contributed by atoms with van der Waals surface area (Å²) in [5, 5.41) is 0. The molecule has 0 radical (unpaired) electrons. The lowest BCUT2D eigenvalue weighted by Crippen LogP contribution is -2.50. The number of amides is 1. The van der Waals surface area contributed by atoms with Crippen molar-refractivity contribution >= 4 is 21.7 Å². The van der Waals surface area contributed by atoms with Gasteiger partial charge in [0.05, 0.1) is 23.7 Å². The van der Waals surface area contributed by atoms with E-state index in [1.54, 1.807) is 36.1 Å². The number of nitrogens with zero attached hydrogens (tertiary/aromatic N) is 1. The zero-order chi connectivity index (χ0) is 20.9. The Morgan fingerprint density at radius 3 is 2.31 bits per heavy atom. The van der Waals surface area contributed by atoms with E-state index in [1.807, 2.05) is 0 Å². The van der Waals surface area contributed by atoms with Crippen LogP contribution in [-0.2, 0) is 19.4 Å². The van der Waals surface area contributed by atoms with Gasteiger partial charge in [-0.25, -0.2) is 13.2 Å². The second-order valence-corrected chi connectivity index (χ2v) is 9.91. The van der Waals surface area contributed by atoms with Crippen molar-refractivity contribution in [2.45, 2.75) is 57.5 Å². The Morgan fingerprint density at radius 2 is 1.72 bits per heavy atom. The summed E-state index contributed by atoms with van der Waals surface area (Å²) >= 11 is 0. The second kappa shape index (κ2) is 9.61. The van der Waals surface area contributed by atoms with Crippen molar-refractivity contribution in [2.75, 3.05) is 24.7 Å². The molecule has 1 aromatic rings. The van der Waals surface area contributed by atoms with Gasteiger partial charge in [0.15, 0.2) is 16.4 Å². The molecule has 1 atom stereocenters. The van der Waals surface area contributed by atoms with Gasteiger partial charge in [-0.2, -0.15) is 0 Å². The van der Waals surface area contributed by atoms with Gasteiger partial charge in [-0.3, -0.25) is 4.79 Å². The SMILES string of the molecule is CCOC(=O)c1ccc(OCC(=O)N(C2CCCCC2)C2CCS(=O)(=O)C2)cc1. The van der Waals surface area contributed by atoms with E-state index < -0.39 is 15.8 Å². The second-order valence-electron chi connectivity index (χ2n) is 7.68. The number of benzene rings is 1. The highest BCUT2D eigenvalue weighted by Crippen LogP contribution is 2.28. The Bertz CT molecular complexity index is 814. The van der Waals surface area contributed by atoms with Crippen molar-refractivity contribution < 1.29 is 27.5 Å². The maximum absolute atomic E-state index is 13.0. The van der Waals surface area contributed by atoms with Gasteiger partial charge in [-0.1, -0.05) is 19.3 Å². The van der Waals surface area contributed by atoms with Crippen LogP contribution in [0.3, 0.4) is 0 Å². The summed E-state index contributed by atoms with van der Waals surface area (Å²) in [7, 11) is -3.08. The molecule has 1 saturated heterocycles. The Kier molecular flexibility index (Phi) is 7.16. The molecule has 160 valence electrons. The fourth-order valence-corrected chi connectivity index (χ4v) is 5.89. The molecule has 1 aliphatic heterocycles. The Morgan fingerprint density at radius 1 is 1.03 bits per heavy atom. The summed E-state index contributed by atoms with van der Waals surface area (Å²) in [6.45, 7) is 1.90. The largest absolute Gasteiger partial charge is 0.484 e. The topological polar surface area (TPSA) is 90.0 Å². The molecule has 29 heavy (non-hydrogen) atoms. The highest BCUT2D eigenvalue weighted by molar-refractivity contribution is 7.91. The van der Waals surface area contributed by atoms with Crippen molar-refractivity contribution in [3.63, 3.8) is 0 Å². The van der Waals surface area contributed by atoms with Gasteiger partial charge in [0.25, 0.3) is 5.91 Å². The Hall–Kier alpha value is -2.09. The third-order valence-electron chi connectivity index (χ3n) is 5.59. The third kappa shape index (κ3) is 5.72. The third-order valence-corrected chi connectivity index (χ3v) is 7.34. The first kappa shape index (κ1) is 21.6. The molecule has 0 bridgehead atoms. The number of carbonyl (C=O) groups is 2. The number of ether oxygens (including phenoxy) is 2. The molecule has 2 fully saturated rings. The first-order valence-corrected chi connectivity index (χ1v) is 12.1. The molecule has 1 amide bonds. The van der Waals surface area contributed by atoms with Crippen LogP contribution in [0.15, 0.2) is 24.3 Å². The summed E-state index contributed by atoms with van der Waals surface area (Å²) in [5.41, 5.74) is 0.422. The Balaban J connectivity index is 1.64. The minimum absolute atomic E-state index is 0.0451. The first-order chi connectivity index (χ1) is 13.9. The minimum Gasteiger partial charge on any atom is -0.484 e. The van der Waals surface area contributed by atoms with Crippen LogP contribution >= 0.6 is 0 Å². The predicted octanol–water partition coefficient (Wildman–Crippen LogP) is 2.59. The molecule has 1 aliphatic carbocycles. The predicted molar refractivity (Wildman–Crippen MR) is 109 cm³/mol. The lowest BCUT2D eigenvalue weighted by molar-refractivity contribution is -0.138. The molecule has 0 aromatic heterocycles. The molecule has 1 heterocycles. The van der Waals surface area contributed by atoms with Crippen LogP contribution in [0.4, 0.5) is 0 Å². The molecule has 0 spiro atoms. The van der Waals surface area contributed by atoms with Crippen LogP contribution < -0.4 is 4.74 Å². The van der Waals surface area contributed by atoms with Gasteiger partial charge in [-0.05, 0) is 50.5 Å². The molecule has 1 aromatic carbocycles. The average Bonchev–Trinajstić information content (AvgIpc) is 3.07. The van der Waals surface area contributed by atoms with Crippen molar-refractivity contribution in [1.29, 1.82) is 0 Å². The number of hydrogen-bond donors (Lipinski definition) is 0. The van der Waals surface area contributed by atoms with E-state index in [9.17, 15) is 18.0 Å². The van der Waals surface area contributed by atoms with Gasteiger partial charge in [0, 0.05) is 12.1 Å². The number of sulfone groups is 1. The van der Waals surface area contributed by atoms with Crippen LogP contribution in [0.5, 0.6) is 5.75 Å². The quantitative estimate of drug-likeness (QED) is 0.626. The molecule has 0 N–H and O–H groups in total. The van der Waals surface area contributed by atoms with Crippen molar-refractivity contribution in [3.8, 4) is 5.75 Å². The van der Waals surface area contributed by atoms with E-state index in [4.69, 9.17) is 9.47 Å². The van der Waals surface area contributed by atoms with Crippen LogP contribution in [0.2, 0.25) is 0 Å². The fraction of sp³-hybridized carbons (Fsp3) is 0.619. The van der Waals surface area contributed by atoms with Crippen LogP contribution in [0.25, 0.3) is 0 Å². The van der Waals surface area contributed by atoms with E-state index >= 15 is 0 Å². The highest BCUT2D eigenvalue weighted by atomic mass is 32.2. The summed E-state index contributed by atoms with van der Waals surface area (Å²) < 4.78 is 34.5. The van der Waals surface area contributed by atoms with Crippen molar-refractivity contribution in [2.24, 2.45) is 0 Å². The molecule has 7 nitrogen and oxygen atoms in total. The minimum atomic E-state index is -3.08. The summed E-state index contributed by atoms with van der Waals surface area (Å²) in [5.74, 6) is 0.0944. The van der Waals surface area contributed by atoms with E-state index in [0.29, 0.717) is 24.3 Å². The summed E-state index contributed by atoms with van der Waals surface area (Å²) in [6.07, 6.45) is 5.60. The molecule has 3 rings (SSSR count). The molecule has 1 saturated carbocycles. The zero-order valence-corrected chi connectivity index (χ0v) is 17.7. The molecular weight excluding hydrogens is 394 g/mol. The first-order valence-electron chi connectivity index (χ1n) is 10.3. The van der Waals surface area contributed by atoms with E-state index in [1.165, 1.54) is 0 Å². The van der Waals surface area contributed by atoms with Gasteiger partial charge in [-0.15, -0.1) is 0 Å². The maximum Gasteiger partial charge on any atom is 0.338 e. The monoisotopic (exact) mass is 423 g/mol.